The van der Waals surface area contributed by atoms with E-state index in [0.29, 0.717) is 11.4 Å². The predicted molar refractivity (Wildman–Crippen MR) is 72.7 cm³/mol. The van der Waals surface area contributed by atoms with Crippen LogP contribution in [0.5, 0.6) is 0 Å². The summed E-state index contributed by atoms with van der Waals surface area (Å²) >= 11 is 0. The molecule has 0 atom stereocenters. The van der Waals surface area contributed by atoms with Crippen molar-refractivity contribution in [2.45, 2.75) is 0 Å². The average molecular weight is 253 g/mol. The summed E-state index contributed by atoms with van der Waals surface area (Å²) in [5.41, 5.74) is 7.35. The number of nitrogens with one attached hydrogen (secondary N) is 2. The molecule has 6 heteroatoms. The van der Waals surface area contributed by atoms with E-state index in [-0.39, 0.29) is 11.7 Å². The number of fused-ring (bicyclic) bond motifs is 1. The highest BCUT2D eigenvalue weighted by Gasteiger charge is 2.09. The Morgan fingerprint density at radius 1 is 1.26 bits per heavy atom. The van der Waals surface area contributed by atoms with Crippen molar-refractivity contribution in [1.29, 1.82) is 0 Å². The van der Waals surface area contributed by atoms with Crippen molar-refractivity contribution in [3.8, 4) is 0 Å². The fraction of sp³-hybridized carbons (Fsp3) is 0. The number of carbonyl (C=O) groups excluding carboxylic acids is 1. The molecular formula is C13H11N5O. The van der Waals surface area contributed by atoms with Crippen LogP contribution < -0.4 is 11.1 Å². The number of hydrogen-bond donors (Lipinski definition) is 3. The highest BCUT2D eigenvalue weighted by molar-refractivity contribution is 6.04. The fourth-order valence-electron chi connectivity index (χ4n) is 1.81. The topological polar surface area (TPSA) is 96.7 Å². The molecule has 19 heavy (non-hydrogen) atoms. The lowest BCUT2D eigenvalue weighted by Crippen LogP contribution is -2.12. The van der Waals surface area contributed by atoms with Crippen molar-refractivity contribution in [2.75, 3.05) is 11.1 Å². The largest absolute Gasteiger partial charge is 0.382 e. The Kier molecular flexibility index (Phi) is 2.60. The van der Waals surface area contributed by atoms with E-state index >= 15 is 0 Å². The lowest BCUT2D eigenvalue weighted by Gasteiger charge is -2.04. The van der Waals surface area contributed by atoms with Crippen LogP contribution in [0.3, 0.4) is 0 Å². The molecule has 2 aromatic heterocycles. The molecule has 4 N–H and O–H groups in total. The third kappa shape index (κ3) is 2.23. The second kappa shape index (κ2) is 4.41. The summed E-state index contributed by atoms with van der Waals surface area (Å²) in [4.78, 5) is 16.1. The summed E-state index contributed by atoms with van der Waals surface area (Å²) in [5, 5.41) is 10.0. The van der Waals surface area contributed by atoms with E-state index in [2.05, 4.69) is 20.5 Å². The minimum absolute atomic E-state index is 0.285. The monoisotopic (exact) mass is 253 g/mol. The van der Waals surface area contributed by atoms with Gasteiger partial charge in [-0.15, -0.1) is 0 Å². The van der Waals surface area contributed by atoms with E-state index in [1.807, 2.05) is 24.3 Å². The normalized spacial score (nSPS) is 10.5. The summed E-state index contributed by atoms with van der Waals surface area (Å²) in [5.74, 6) is 0.000279. The number of aromatic amines is 1. The number of hydrogen-bond acceptors (Lipinski definition) is 4. The van der Waals surface area contributed by atoms with Gasteiger partial charge in [-0.3, -0.25) is 14.9 Å². The lowest BCUT2D eigenvalue weighted by molar-refractivity contribution is 0.102. The number of benzene rings is 1. The van der Waals surface area contributed by atoms with Crippen LogP contribution in [0.25, 0.3) is 10.9 Å². The second-order valence-corrected chi connectivity index (χ2v) is 4.07. The molecule has 0 unspecified atom stereocenters. The van der Waals surface area contributed by atoms with Crippen molar-refractivity contribution in [3.63, 3.8) is 0 Å². The van der Waals surface area contributed by atoms with Gasteiger partial charge in [0.25, 0.3) is 5.91 Å². The lowest BCUT2D eigenvalue weighted by atomic mass is 10.2. The van der Waals surface area contributed by atoms with Crippen molar-refractivity contribution in [2.24, 2.45) is 0 Å². The number of pyridine rings is 1. The Labute approximate surface area is 108 Å². The smallest absolute Gasteiger partial charge is 0.273 e. The average Bonchev–Trinajstić information content (AvgIpc) is 2.85. The van der Waals surface area contributed by atoms with Gasteiger partial charge in [-0.25, -0.2) is 0 Å². The van der Waals surface area contributed by atoms with Gasteiger partial charge in [-0.1, -0.05) is 6.07 Å². The molecule has 1 aromatic carbocycles. The van der Waals surface area contributed by atoms with Crippen LogP contribution in [0.1, 0.15) is 10.5 Å². The molecule has 0 saturated carbocycles. The zero-order valence-electron chi connectivity index (χ0n) is 9.92. The maximum atomic E-state index is 11.9. The first-order valence-electron chi connectivity index (χ1n) is 5.69. The number of nitrogens with zero attached hydrogens (tertiary/aromatic N) is 2. The number of aromatic nitrogens is 3. The molecule has 0 aliphatic rings. The fourth-order valence-corrected chi connectivity index (χ4v) is 1.81. The number of carbonyl (C=O) groups is 1. The maximum Gasteiger partial charge on any atom is 0.273 e. The number of H-pyrrole nitrogens is 1. The van der Waals surface area contributed by atoms with Crippen LogP contribution in [0.15, 0.2) is 42.6 Å². The molecule has 0 fully saturated rings. The van der Waals surface area contributed by atoms with Crippen molar-refractivity contribution in [3.05, 3.63) is 48.3 Å². The summed E-state index contributed by atoms with van der Waals surface area (Å²) in [6, 6.07) is 10.8. The Morgan fingerprint density at radius 2 is 2.16 bits per heavy atom. The van der Waals surface area contributed by atoms with Crippen LogP contribution in [-0.2, 0) is 0 Å². The number of nitrogen functional groups attached to an aromatic ring is 1. The van der Waals surface area contributed by atoms with Gasteiger partial charge in [-0.2, -0.15) is 5.10 Å². The molecule has 0 aliphatic carbocycles. The molecular weight excluding hydrogens is 242 g/mol. The minimum Gasteiger partial charge on any atom is -0.382 e. The quantitative estimate of drug-likeness (QED) is 0.648. The zero-order valence-corrected chi connectivity index (χ0v) is 9.92. The van der Waals surface area contributed by atoms with Crippen molar-refractivity contribution < 1.29 is 4.79 Å². The zero-order chi connectivity index (χ0) is 13.2. The molecule has 0 saturated heterocycles. The summed E-state index contributed by atoms with van der Waals surface area (Å²) in [6.45, 7) is 0. The van der Waals surface area contributed by atoms with Crippen molar-refractivity contribution in [1.82, 2.24) is 15.2 Å². The molecule has 3 rings (SSSR count). The first-order chi connectivity index (χ1) is 9.22. The first kappa shape index (κ1) is 11.2. The second-order valence-electron chi connectivity index (χ2n) is 4.07. The third-order valence-electron chi connectivity index (χ3n) is 2.70. The molecule has 2 heterocycles. The predicted octanol–water partition coefficient (Wildman–Crippen LogP) is 1.79. The van der Waals surface area contributed by atoms with Gasteiger partial charge < -0.3 is 11.1 Å². The molecule has 0 aliphatic heterocycles. The van der Waals surface area contributed by atoms with Gasteiger partial charge in [0.05, 0.1) is 5.52 Å². The summed E-state index contributed by atoms with van der Waals surface area (Å²) in [7, 11) is 0. The standard InChI is InChI=1S/C13H11N5O/c14-12-7-11(17-18-12)13(19)16-9-3-4-10-8(6-9)2-1-5-15-10/h1-7H,(H,16,19)(H3,14,17,18). The van der Waals surface area contributed by atoms with Crippen LogP contribution >= 0.6 is 0 Å². The van der Waals surface area contributed by atoms with Gasteiger partial charge in [0, 0.05) is 23.3 Å². The number of nitrogens with two attached hydrogens (primary N) is 1. The summed E-state index contributed by atoms with van der Waals surface area (Å²) in [6.07, 6.45) is 1.73. The highest BCUT2D eigenvalue weighted by Crippen LogP contribution is 2.17. The molecule has 3 aromatic rings. The van der Waals surface area contributed by atoms with Crippen LogP contribution in [0.2, 0.25) is 0 Å². The maximum absolute atomic E-state index is 11.9. The molecule has 0 spiro atoms. The van der Waals surface area contributed by atoms with Crippen LogP contribution in [0.4, 0.5) is 11.5 Å². The van der Waals surface area contributed by atoms with Crippen molar-refractivity contribution >= 4 is 28.3 Å². The van der Waals surface area contributed by atoms with Crippen LogP contribution in [-0.4, -0.2) is 21.1 Å². The Balaban J connectivity index is 1.87. The number of rotatable bonds is 2. The highest BCUT2D eigenvalue weighted by atomic mass is 16.1. The van der Waals surface area contributed by atoms with Gasteiger partial charge >= 0.3 is 0 Å². The van der Waals surface area contributed by atoms with E-state index in [1.165, 1.54) is 6.07 Å². The minimum atomic E-state index is -0.285. The van der Waals surface area contributed by atoms with Gasteiger partial charge in [0.1, 0.15) is 11.5 Å². The van der Waals surface area contributed by atoms with E-state index in [1.54, 1.807) is 12.3 Å². The Hall–Kier alpha value is -2.89. The van der Waals surface area contributed by atoms with E-state index < -0.39 is 0 Å². The van der Waals surface area contributed by atoms with Gasteiger partial charge in [-0.05, 0) is 24.3 Å². The SMILES string of the molecule is Nc1cc(C(=O)Nc2ccc3ncccc3c2)[nH]n1. The number of anilines is 2. The van der Waals surface area contributed by atoms with E-state index in [0.717, 1.165) is 10.9 Å². The summed E-state index contributed by atoms with van der Waals surface area (Å²) < 4.78 is 0. The van der Waals surface area contributed by atoms with Gasteiger partial charge in [0.2, 0.25) is 0 Å². The Morgan fingerprint density at radius 3 is 2.95 bits per heavy atom. The van der Waals surface area contributed by atoms with E-state index in [9.17, 15) is 4.79 Å². The van der Waals surface area contributed by atoms with E-state index in [4.69, 9.17) is 5.73 Å². The number of amides is 1. The molecule has 0 radical (unpaired) electrons. The molecule has 0 bridgehead atoms. The molecule has 6 nitrogen and oxygen atoms in total. The third-order valence-corrected chi connectivity index (χ3v) is 2.70. The van der Waals surface area contributed by atoms with Crippen LogP contribution in [0, 0.1) is 0 Å². The molecule has 94 valence electrons. The first-order valence-corrected chi connectivity index (χ1v) is 5.69. The van der Waals surface area contributed by atoms with Gasteiger partial charge in [0.15, 0.2) is 0 Å². The Bertz CT molecular complexity index is 749. The molecule has 1 amide bonds.